The van der Waals surface area contributed by atoms with Crippen LogP contribution in [0.2, 0.25) is 5.02 Å². The highest BCUT2D eigenvalue weighted by Crippen LogP contribution is 2.30. The van der Waals surface area contributed by atoms with Gasteiger partial charge in [-0.3, -0.25) is 19.2 Å². The van der Waals surface area contributed by atoms with Crippen molar-refractivity contribution >= 4 is 35.1 Å². The number of benzene rings is 2. The molecule has 3 amide bonds. The van der Waals surface area contributed by atoms with Gasteiger partial charge in [0.15, 0.2) is 0 Å². The number of rotatable bonds is 11. The van der Waals surface area contributed by atoms with Crippen molar-refractivity contribution in [1.82, 2.24) is 16.0 Å². The van der Waals surface area contributed by atoms with Crippen LogP contribution in [0, 0.1) is 5.92 Å². The summed E-state index contributed by atoms with van der Waals surface area (Å²) in [4.78, 5) is 50.2. The molecule has 0 radical (unpaired) electrons. The Hall–Kier alpha value is -3.74. The van der Waals surface area contributed by atoms with E-state index in [4.69, 9.17) is 16.3 Å². The first-order chi connectivity index (χ1) is 18.5. The SMILES string of the molecule is COc1ccc([C@H](NC(=O)[C@@H](C)NC(=O)C(F)(F)c2cccc(Cl)c2)C(=O)N[C@H](C(=O)C(F)(F)F)C(C)C)cc1. The number of ether oxygens (including phenoxy) is 1. The predicted octanol–water partition coefficient (Wildman–Crippen LogP) is 4.07. The Morgan fingerprint density at radius 2 is 1.45 bits per heavy atom. The van der Waals surface area contributed by atoms with E-state index in [0.717, 1.165) is 19.1 Å². The molecule has 0 saturated carbocycles. The molecule has 0 aromatic heterocycles. The van der Waals surface area contributed by atoms with Crippen molar-refractivity contribution in [3.05, 3.63) is 64.7 Å². The van der Waals surface area contributed by atoms with Gasteiger partial charge in [-0.2, -0.15) is 22.0 Å². The Morgan fingerprint density at radius 3 is 1.95 bits per heavy atom. The van der Waals surface area contributed by atoms with Crippen LogP contribution in [0.25, 0.3) is 0 Å². The highest BCUT2D eigenvalue weighted by molar-refractivity contribution is 6.30. The Kier molecular flexibility index (Phi) is 10.6. The summed E-state index contributed by atoms with van der Waals surface area (Å²) in [5.41, 5.74) is -0.661. The zero-order chi connectivity index (χ0) is 30.4. The van der Waals surface area contributed by atoms with Gasteiger partial charge in [-0.25, -0.2) is 0 Å². The fourth-order valence-electron chi connectivity index (χ4n) is 3.48. The van der Waals surface area contributed by atoms with Crippen molar-refractivity contribution in [1.29, 1.82) is 0 Å². The summed E-state index contributed by atoms with van der Waals surface area (Å²) in [6, 6.07) is 4.57. The predicted molar refractivity (Wildman–Crippen MR) is 135 cm³/mol. The van der Waals surface area contributed by atoms with Crippen molar-refractivity contribution in [3.8, 4) is 5.75 Å². The first kappa shape index (κ1) is 32.5. The number of halogens is 6. The maximum Gasteiger partial charge on any atom is 0.452 e. The number of hydrogen-bond acceptors (Lipinski definition) is 5. The zero-order valence-corrected chi connectivity index (χ0v) is 22.5. The number of ketones is 1. The maximum atomic E-state index is 14.7. The fraction of sp³-hybridized carbons (Fsp3) is 0.385. The zero-order valence-electron chi connectivity index (χ0n) is 21.7. The molecule has 3 N–H and O–H groups in total. The molecular formula is C26H27ClF5N3O5. The summed E-state index contributed by atoms with van der Waals surface area (Å²) >= 11 is 5.72. The van der Waals surface area contributed by atoms with Gasteiger partial charge in [0.25, 0.3) is 11.7 Å². The summed E-state index contributed by atoms with van der Waals surface area (Å²) < 4.78 is 73.7. The molecule has 8 nitrogen and oxygen atoms in total. The third kappa shape index (κ3) is 8.13. The topological polar surface area (TPSA) is 114 Å². The number of amides is 3. The monoisotopic (exact) mass is 591 g/mol. The standard InChI is InChI=1S/C26H27ClF5N3O5/c1-13(2)19(21(36)26(30,31)32)34-23(38)20(15-8-10-18(40-4)11-9-15)35-22(37)14(3)33-24(39)25(28,29)16-6-5-7-17(27)12-16/h5-14,19-20H,1-4H3,(H,33,39)(H,34,38)(H,35,37)/t14-,19+,20+/m1/s1. The van der Waals surface area contributed by atoms with Gasteiger partial charge in [0.05, 0.1) is 13.2 Å². The van der Waals surface area contributed by atoms with Crippen LogP contribution in [-0.4, -0.2) is 48.9 Å². The normalized spacial score (nSPS) is 14.1. The molecule has 218 valence electrons. The minimum atomic E-state index is -5.24. The molecule has 2 aromatic rings. The van der Waals surface area contributed by atoms with Crippen LogP contribution in [0.1, 0.15) is 37.9 Å². The van der Waals surface area contributed by atoms with E-state index < -0.39 is 65.2 Å². The molecule has 2 rings (SSSR count). The Labute approximate surface area is 231 Å². The number of Topliss-reactive ketones (excluding diaryl/α,β-unsaturated/α-hetero) is 1. The van der Waals surface area contributed by atoms with Crippen LogP contribution in [0.3, 0.4) is 0 Å². The highest BCUT2D eigenvalue weighted by atomic mass is 35.5. The number of alkyl halides is 5. The number of nitrogens with one attached hydrogen (secondary N) is 3. The molecule has 2 aromatic carbocycles. The van der Waals surface area contributed by atoms with Gasteiger partial charge in [-0.15, -0.1) is 0 Å². The lowest BCUT2D eigenvalue weighted by Crippen LogP contribution is -2.55. The summed E-state index contributed by atoms with van der Waals surface area (Å²) in [5, 5.41) is 6.05. The van der Waals surface area contributed by atoms with E-state index in [0.29, 0.717) is 5.75 Å². The number of methoxy groups -OCH3 is 1. The minimum Gasteiger partial charge on any atom is -0.497 e. The average Bonchev–Trinajstić information content (AvgIpc) is 2.88. The van der Waals surface area contributed by atoms with E-state index in [9.17, 15) is 41.1 Å². The third-order valence-electron chi connectivity index (χ3n) is 5.74. The molecule has 0 heterocycles. The second-order valence-corrected chi connectivity index (χ2v) is 9.52. The molecule has 0 aliphatic heterocycles. The van der Waals surface area contributed by atoms with Gasteiger partial charge in [-0.05, 0) is 42.7 Å². The van der Waals surface area contributed by atoms with E-state index in [1.807, 2.05) is 10.6 Å². The van der Waals surface area contributed by atoms with Crippen LogP contribution in [0.5, 0.6) is 5.75 Å². The molecule has 0 aliphatic carbocycles. The van der Waals surface area contributed by atoms with Gasteiger partial charge in [0.2, 0.25) is 11.8 Å². The molecule has 0 unspecified atom stereocenters. The first-order valence-corrected chi connectivity index (χ1v) is 12.2. The second kappa shape index (κ2) is 13.1. The van der Waals surface area contributed by atoms with Gasteiger partial charge >= 0.3 is 12.1 Å². The lowest BCUT2D eigenvalue weighted by atomic mass is 9.97. The Balaban J connectivity index is 2.29. The van der Waals surface area contributed by atoms with E-state index >= 15 is 0 Å². The summed E-state index contributed by atoms with van der Waals surface area (Å²) in [6.45, 7) is 3.63. The average molecular weight is 592 g/mol. The molecular weight excluding hydrogens is 565 g/mol. The minimum absolute atomic E-state index is 0.0483. The molecule has 0 saturated heterocycles. The van der Waals surface area contributed by atoms with E-state index in [1.54, 1.807) is 0 Å². The molecule has 0 spiro atoms. The Morgan fingerprint density at radius 1 is 0.850 bits per heavy atom. The van der Waals surface area contributed by atoms with E-state index in [-0.39, 0.29) is 10.6 Å². The largest absolute Gasteiger partial charge is 0.497 e. The molecule has 3 atom stereocenters. The smallest absolute Gasteiger partial charge is 0.452 e. The van der Waals surface area contributed by atoms with Crippen molar-refractivity contribution in [2.24, 2.45) is 5.92 Å². The van der Waals surface area contributed by atoms with Gasteiger partial charge in [0.1, 0.15) is 17.8 Å². The molecule has 14 heteroatoms. The van der Waals surface area contributed by atoms with Gasteiger partial charge in [-0.1, -0.05) is 49.7 Å². The van der Waals surface area contributed by atoms with E-state index in [1.165, 1.54) is 57.4 Å². The number of carbonyl (C=O) groups is 4. The van der Waals surface area contributed by atoms with Gasteiger partial charge < -0.3 is 20.7 Å². The van der Waals surface area contributed by atoms with Crippen molar-refractivity contribution in [2.75, 3.05) is 7.11 Å². The second-order valence-electron chi connectivity index (χ2n) is 9.09. The van der Waals surface area contributed by atoms with Crippen LogP contribution in [0.15, 0.2) is 48.5 Å². The number of hydrogen-bond donors (Lipinski definition) is 3. The van der Waals surface area contributed by atoms with Crippen molar-refractivity contribution in [3.63, 3.8) is 0 Å². The van der Waals surface area contributed by atoms with E-state index in [2.05, 4.69) is 5.32 Å². The molecule has 0 fully saturated rings. The lowest BCUT2D eigenvalue weighted by Gasteiger charge is -2.27. The quantitative estimate of drug-likeness (QED) is 0.341. The highest BCUT2D eigenvalue weighted by Gasteiger charge is 2.46. The summed E-state index contributed by atoms with van der Waals surface area (Å²) in [7, 11) is 1.36. The van der Waals surface area contributed by atoms with Crippen LogP contribution >= 0.6 is 11.6 Å². The van der Waals surface area contributed by atoms with Crippen molar-refractivity contribution < 1.29 is 45.9 Å². The van der Waals surface area contributed by atoms with Gasteiger partial charge in [0, 0.05) is 10.6 Å². The van der Waals surface area contributed by atoms with Crippen LogP contribution < -0.4 is 20.7 Å². The number of carbonyl (C=O) groups excluding carboxylic acids is 4. The van der Waals surface area contributed by atoms with Crippen LogP contribution in [-0.2, 0) is 25.1 Å². The lowest BCUT2D eigenvalue weighted by molar-refractivity contribution is -0.175. The maximum absolute atomic E-state index is 14.7. The van der Waals surface area contributed by atoms with Crippen LogP contribution in [0.4, 0.5) is 22.0 Å². The molecule has 40 heavy (non-hydrogen) atoms. The summed E-state index contributed by atoms with van der Waals surface area (Å²) in [6.07, 6.45) is -5.24. The third-order valence-corrected chi connectivity index (χ3v) is 5.97. The summed E-state index contributed by atoms with van der Waals surface area (Å²) in [5.74, 6) is -11.0. The molecule has 0 bridgehead atoms. The first-order valence-electron chi connectivity index (χ1n) is 11.8. The molecule has 0 aliphatic rings. The van der Waals surface area contributed by atoms with Crippen molar-refractivity contribution in [2.45, 2.75) is 51.0 Å². The Bertz CT molecular complexity index is 1240. The fourth-order valence-corrected chi connectivity index (χ4v) is 3.67.